The Hall–Kier alpha value is -1.41. The molecule has 0 saturated heterocycles. The minimum atomic E-state index is -3.22. The Morgan fingerprint density at radius 2 is 2.20 bits per heavy atom. The number of nitrogens with two attached hydrogens (primary N) is 1. The number of thiazole rings is 1. The van der Waals surface area contributed by atoms with E-state index < -0.39 is 9.84 Å². The largest absolute Gasteiger partial charge is 0.389 e. The third-order valence-electron chi connectivity index (χ3n) is 1.69. The topological polar surface area (TPSA) is 90.9 Å². The summed E-state index contributed by atoms with van der Waals surface area (Å²) in [5, 5.41) is 5.00. The molecule has 0 aromatic carbocycles. The first-order chi connectivity index (χ1) is 6.97. The minimum Gasteiger partial charge on any atom is -0.389 e. The molecule has 2 heterocycles. The first-order valence-electron chi connectivity index (χ1n) is 3.93. The average molecular weight is 244 g/mol. The van der Waals surface area contributed by atoms with E-state index in [0.717, 1.165) is 6.26 Å². The van der Waals surface area contributed by atoms with Crippen molar-refractivity contribution in [1.82, 2.24) is 14.8 Å². The first-order valence-corrected chi connectivity index (χ1v) is 6.64. The number of nitrogen functional groups attached to an aromatic ring is 1. The molecule has 8 heteroatoms. The van der Waals surface area contributed by atoms with Crippen LogP contribution in [0.3, 0.4) is 0 Å². The van der Waals surface area contributed by atoms with E-state index >= 15 is 0 Å². The fourth-order valence-corrected chi connectivity index (χ4v) is 2.13. The normalized spacial score (nSPS) is 11.8. The molecule has 80 valence electrons. The van der Waals surface area contributed by atoms with Crippen molar-refractivity contribution in [2.24, 2.45) is 0 Å². The van der Waals surface area contributed by atoms with E-state index in [-0.39, 0.29) is 4.90 Å². The van der Waals surface area contributed by atoms with E-state index in [9.17, 15) is 8.42 Å². The zero-order chi connectivity index (χ0) is 11.1. The second kappa shape index (κ2) is 3.31. The molecule has 0 radical (unpaired) electrons. The van der Waals surface area contributed by atoms with Crippen molar-refractivity contribution in [3.05, 3.63) is 18.6 Å². The standard InChI is InChI=1S/C7H8N4O2S2/c1-15(12,13)5-2-10-11(4-5)7-9-3-6(8)14-7/h2-4H,8H2,1H3. The number of sulfone groups is 1. The van der Waals surface area contributed by atoms with Crippen LogP contribution in [0, 0.1) is 0 Å². The van der Waals surface area contributed by atoms with Crippen molar-refractivity contribution in [3.8, 4) is 5.13 Å². The van der Waals surface area contributed by atoms with Crippen molar-refractivity contribution in [2.45, 2.75) is 4.90 Å². The van der Waals surface area contributed by atoms with Gasteiger partial charge in [-0.3, -0.25) is 0 Å². The van der Waals surface area contributed by atoms with Crippen LogP contribution < -0.4 is 5.73 Å². The van der Waals surface area contributed by atoms with Crippen molar-refractivity contribution in [2.75, 3.05) is 12.0 Å². The molecule has 0 fully saturated rings. The van der Waals surface area contributed by atoms with Crippen LogP contribution in [0.4, 0.5) is 5.00 Å². The third-order valence-corrected chi connectivity index (χ3v) is 3.58. The maximum Gasteiger partial charge on any atom is 0.212 e. The Labute approximate surface area is 90.3 Å². The van der Waals surface area contributed by atoms with E-state index in [0.29, 0.717) is 10.1 Å². The highest BCUT2D eigenvalue weighted by atomic mass is 32.2. The van der Waals surface area contributed by atoms with Gasteiger partial charge in [-0.05, 0) is 0 Å². The number of anilines is 1. The van der Waals surface area contributed by atoms with E-state index in [2.05, 4.69) is 10.1 Å². The zero-order valence-corrected chi connectivity index (χ0v) is 9.42. The summed E-state index contributed by atoms with van der Waals surface area (Å²) in [5.41, 5.74) is 5.51. The van der Waals surface area contributed by atoms with Gasteiger partial charge < -0.3 is 5.73 Å². The van der Waals surface area contributed by atoms with E-state index in [1.165, 1.54) is 34.6 Å². The maximum atomic E-state index is 11.2. The van der Waals surface area contributed by atoms with Gasteiger partial charge in [0.1, 0.15) is 9.90 Å². The van der Waals surface area contributed by atoms with Gasteiger partial charge in [0, 0.05) is 6.26 Å². The summed E-state index contributed by atoms with van der Waals surface area (Å²) >= 11 is 1.24. The fraction of sp³-hybridized carbons (Fsp3) is 0.143. The van der Waals surface area contributed by atoms with Crippen LogP contribution in [-0.4, -0.2) is 29.4 Å². The van der Waals surface area contributed by atoms with Gasteiger partial charge in [-0.1, -0.05) is 11.3 Å². The Morgan fingerprint density at radius 1 is 1.47 bits per heavy atom. The Bertz CT molecular complexity index is 584. The summed E-state index contributed by atoms with van der Waals surface area (Å²) in [6, 6.07) is 0. The molecule has 2 aromatic heterocycles. The van der Waals surface area contributed by atoms with Gasteiger partial charge in [0.25, 0.3) is 0 Å². The Balaban J connectivity index is 2.44. The summed E-state index contributed by atoms with van der Waals surface area (Å²) in [4.78, 5) is 4.14. The summed E-state index contributed by atoms with van der Waals surface area (Å²) < 4.78 is 23.8. The minimum absolute atomic E-state index is 0.163. The van der Waals surface area contributed by atoms with Crippen LogP contribution in [0.2, 0.25) is 0 Å². The summed E-state index contributed by atoms with van der Waals surface area (Å²) in [5.74, 6) is 0. The number of hydrogen-bond donors (Lipinski definition) is 1. The lowest BCUT2D eigenvalue weighted by Gasteiger charge is -1.92. The van der Waals surface area contributed by atoms with Crippen LogP contribution in [0.1, 0.15) is 0 Å². The number of nitrogens with zero attached hydrogens (tertiary/aromatic N) is 3. The van der Waals surface area contributed by atoms with Gasteiger partial charge in [0.05, 0.1) is 18.6 Å². The molecule has 0 saturated carbocycles. The highest BCUT2D eigenvalue weighted by Gasteiger charge is 2.11. The highest BCUT2D eigenvalue weighted by molar-refractivity contribution is 7.90. The van der Waals surface area contributed by atoms with Crippen molar-refractivity contribution in [3.63, 3.8) is 0 Å². The average Bonchev–Trinajstić information content (AvgIpc) is 2.69. The van der Waals surface area contributed by atoms with Gasteiger partial charge in [-0.25, -0.2) is 18.1 Å². The van der Waals surface area contributed by atoms with Gasteiger partial charge in [0.15, 0.2) is 9.84 Å². The van der Waals surface area contributed by atoms with Gasteiger partial charge >= 0.3 is 0 Å². The molecule has 0 spiro atoms. The summed E-state index contributed by atoms with van der Waals surface area (Å²) in [6.45, 7) is 0. The second-order valence-corrected chi connectivity index (χ2v) is 5.99. The van der Waals surface area contributed by atoms with Crippen LogP contribution in [-0.2, 0) is 9.84 Å². The molecular formula is C7H8N4O2S2. The van der Waals surface area contributed by atoms with Crippen molar-refractivity contribution in [1.29, 1.82) is 0 Å². The summed E-state index contributed by atoms with van der Waals surface area (Å²) in [7, 11) is -3.22. The molecule has 0 unspecified atom stereocenters. The molecule has 0 aliphatic rings. The zero-order valence-electron chi connectivity index (χ0n) is 7.78. The smallest absolute Gasteiger partial charge is 0.212 e. The van der Waals surface area contributed by atoms with E-state index in [1.807, 2.05) is 0 Å². The predicted molar refractivity (Wildman–Crippen MR) is 56.8 cm³/mol. The summed E-state index contributed by atoms with van der Waals surface area (Å²) in [6.07, 6.45) is 5.33. The van der Waals surface area contributed by atoms with E-state index in [4.69, 9.17) is 5.73 Å². The lowest BCUT2D eigenvalue weighted by atomic mass is 10.7. The lowest BCUT2D eigenvalue weighted by molar-refractivity contribution is 0.602. The molecule has 0 atom stereocenters. The molecule has 0 amide bonds. The number of aromatic nitrogens is 3. The molecule has 2 rings (SSSR count). The molecule has 15 heavy (non-hydrogen) atoms. The molecule has 2 aromatic rings. The van der Waals surface area contributed by atoms with Crippen LogP contribution in [0.15, 0.2) is 23.5 Å². The first kappa shape index (κ1) is 10.1. The molecule has 2 N–H and O–H groups in total. The molecule has 0 aliphatic carbocycles. The number of rotatable bonds is 2. The molecular weight excluding hydrogens is 236 g/mol. The van der Waals surface area contributed by atoms with Crippen LogP contribution in [0.25, 0.3) is 5.13 Å². The molecule has 6 nitrogen and oxygen atoms in total. The number of hydrogen-bond acceptors (Lipinski definition) is 6. The SMILES string of the molecule is CS(=O)(=O)c1cnn(-c2ncc(N)s2)c1. The van der Waals surface area contributed by atoms with Gasteiger partial charge in [-0.15, -0.1) is 0 Å². The van der Waals surface area contributed by atoms with Crippen molar-refractivity contribution >= 4 is 26.2 Å². The van der Waals surface area contributed by atoms with Gasteiger partial charge in [0.2, 0.25) is 5.13 Å². The van der Waals surface area contributed by atoms with E-state index in [1.54, 1.807) is 0 Å². The van der Waals surface area contributed by atoms with Crippen LogP contribution in [0.5, 0.6) is 0 Å². The molecule has 0 aliphatic heterocycles. The predicted octanol–water partition coefficient (Wildman–Crippen LogP) is 0.315. The third kappa shape index (κ3) is 2.00. The van der Waals surface area contributed by atoms with Crippen LogP contribution >= 0.6 is 11.3 Å². The van der Waals surface area contributed by atoms with Gasteiger partial charge in [-0.2, -0.15) is 5.10 Å². The highest BCUT2D eigenvalue weighted by Crippen LogP contribution is 2.19. The maximum absolute atomic E-state index is 11.2. The quantitative estimate of drug-likeness (QED) is 0.821. The second-order valence-electron chi connectivity index (χ2n) is 2.94. The van der Waals surface area contributed by atoms with Crippen molar-refractivity contribution < 1.29 is 8.42 Å². The Kier molecular flexibility index (Phi) is 2.24. The monoisotopic (exact) mass is 244 g/mol. The fourth-order valence-electron chi connectivity index (χ4n) is 0.985. The Morgan fingerprint density at radius 3 is 2.67 bits per heavy atom. The molecule has 0 bridgehead atoms. The lowest BCUT2D eigenvalue weighted by Crippen LogP contribution is -1.95.